The molecule has 1 heterocycles. The molecule has 2 N–H and O–H groups in total. The van der Waals surface area contributed by atoms with Gasteiger partial charge in [0.15, 0.2) is 0 Å². The van der Waals surface area contributed by atoms with Crippen molar-refractivity contribution in [2.45, 2.75) is 160 Å². The van der Waals surface area contributed by atoms with Gasteiger partial charge in [-0.1, -0.05) is 164 Å². The van der Waals surface area contributed by atoms with Crippen LogP contribution < -0.4 is 0 Å². The van der Waals surface area contributed by atoms with Crippen LogP contribution in [-0.2, 0) is 14.7 Å². The van der Waals surface area contributed by atoms with Gasteiger partial charge in [-0.2, -0.15) is 0 Å². The predicted molar refractivity (Wildman–Crippen MR) is 235 cm³/mol. The molecule has 0 amide bonds. The lowest BCUT2D eigenvalue weighted by molar-refractivity contribution is 0.0880. The molecule has 0 spiro atoms. The number of hydrogen-bond donors (Lipinski definition) is 2. The summed E-state index contributed by atoms with van der Waals surface area (Å²) >= 11 is 0. The van der Waals surface area contributed by atoms with Crippen LogP contribution >= 0.6 is 8.25 Å². The summed E-state index contributed by atoms with van der Waals surface area (Å²) in [5, 5.41) is 18.5. The van der Waals surface area contributed by atoms with Gasteiger partial charge in [-0.3, -0.25) is 9.09 Å². The number of aromatic hydroxyl groups is 1. The molecule has 4 aromatic carbocycles. The summed E-state index contributed by atoms with van der Waals surface area (Å²) in [6.07, 6.45) is 24.5. The quantitative estimate of drug-likeness (QED) is 0.0719. The molecule has 0 aliphatic heterocycles. The second kappa shape index (κ2) is 21.8. The summed E-state index contributed by atoms with van der Waals surface area (Å²) < 4.78 is 19.2. The minimum Gasteiger partial charge on any atom is -0.506 e. The average molecular weight is 792 g/mol. The second-order valence-corrected chi connectivity index (χ2v) is 17.3. The fraction of sp³-hybridized carbons (Fsp3) is 0.510. The summed E-state index contributed by atoms with van der Waals surface area (Å²) in [5.74, 6) is 1.17. The van der Waals surface area contributed by atoms with Crippen LogP contribution in [-0.4, -0.2) is 25.0 Å². The minimum atomic E-state index is -3.19. The smallest absolute Gasteiger partial charge is 0.317 e. The van der Waals surface area contributed by atoms with Gasteiger partial charge in [-0.25, -0.2) is 0 Å². The number of phenols is 1. The third-order valence-electron chi connectivity index (χ3n) is 12.4. The average Bonchev–Trinajstić information content (AvgIpc) is 3.69. The maximum Gasteiger partial charge on any atom is 0.317 e. The molecular weight excluding hydrogens is 726 g/mol. The fourth-order valence-corrected chi connectivity index (χ4v) is 10.1. The van der Waals surface area contributed by atoms with Crippen LogP contribution in [0.3, 0.4) is 0 Å². The first kappa shape index (κ1) is 42.8. The van der Waals surface area contributed by atoms with Crippen molar-refractivity contribution in [3.05, 3.63) is 119 Å². The van der Waals surface area contributed by atoms with Gasteiger partial charge in [0, 0.05) is 0 Å². The SMILES string of the molecule is CCCCCCCCCCCC(O[PH](=O)O)(c1ccccc1C1CCCCC1)c1ccccc1C1CCCCC1.Cc1ccc(O)c(-n2nc3ccccc3n2)c1. The largest absolute Gasteiger partial charge is 0.506 e. The summed E-state index contributed by atoms with van der Waals surface area (Å²) in [7, 11) is -3.19. The van der Waals surface area contributed by atoms with Gasteiger partial charge >= 0.3 is 8.25 Å². The number of unbranched alkanes of at least 4 members (excludes halogenated alkanes) is 8. The van der Waals surface area contributed by atoms with E-state index < -0.39 is 13.9 Å². The molecular formula is C49H66N3O4P. The molecule has 7 rings (SSSR count). The Balaban J connectivity index is 0.000000266. The van der Waals surface area contributed by atoms with E-state index in [0.29, 0.717) is 17.5 Å². The molecule has 2 saturated carbocycles. The Kier molecular flexibility index (Phi) is 16.4. The highest BCUT2D eigenvalue weighted by Gasteiger charge is 2.42. The second-order valence-electron chi connectivity index (χ2n) is 16.6. The van der Waals surface area contributed by atoms with Gasteiger partial charge in [-0.05, 0) is 109 Å². The van der Waals surface area contributed by atoms with Crippen molar-refractivity contribution in [3.63, 3.8) is 0 Å². The van der Waals surface area contributed by atoms with Crippen molar-refractivity contribution in [1.29, 1.82) is 0 Å². The summed E-state index contributed by atoms with van der Waals surface area (Å²) in [6, 6.07) is 30.6. The van der Waals surface area contributed by atoms with Gasteiger partial charge in [0.05, 0.1) is 0 Å². The predicted octanol–water partition coefficient (Wildman–Crippen LogP) is 13.8. The van der Waals surface area contributed by atoms with Crippen LogP contribution in [0.1, 0.15) is 175 Å². The van der Waals surface area contributed by atoms with Crippen LogP contribution in [0.15, 0.2) is 91.0 Å². The maximum absolute atomic E-state index is 12.8. The number of aryl methyl sites for hydroxylation is 1. The number of phenolic OH excluding ortho intramolecular Hbond substituents is 1. The standard InChI is InChI=1S/C36H55O3P.C13H11N3O/c1-2-3-4-5-6-7-8-9-20-29-36(39-40(37)38,34-27-18-16-25-32(34)30-21-12-10-13-22-30)35-28-19-17-26-33(35)31-23-14-11-15-24-31;1-9-6-7-13(17)12(8-9)16-14-10-4-2-3-5-11(10)15-16/h16-19,25-28,30-31,40H,2-15,20-24,29H2,1H3,(H,37,38);2-8,17H,1H3. The highest BCUT2D eigenvalue weighted by Crippen LogP contribution is 2.51. The van der Waals surface area contributed by atoms with E-state index in [1.807, 2.05) is 43.3 Å². The molecule has 0 saturated heterocycles. The lowest BCUT2D eigenvalue weighted by Crippen LogP contribution is -2.33. The Morgan fingerprint density at radius 3 is 1.65 bits per heavy atom. The molecule has 2 aliphatic carbocycles. The molecule has 1 unspecified atom stereocenters. The molecule has 306 valence electrons. The van der Waals surface area contributed by atoms with E-state index in [4.69, 9.17) is 4.52 Å². The third kappa shape index (κ3) is 11.5. The zero-order valence-electron chi connectivity index (χ0n) is 34.5. The molecule has 1 atom stereocenters. The number of aromatic nitrogens is 3. The number of nitrogens with zero attached hydrogens (tertiary/aromatic N) is 3. The summed E-state index contributed by atoms with van der Waals surface area (Å²) in [4.78, 5) is 11.9. The molecule has 2 aliphatic rings. The highest BCUT2D eigenvalue weighted by atomic mass is 31.1. The van der Waals surface area contributed by atoms with Crippen molar-refractivity contribution < 1.29 is 19.1 Å². The molecule has 2 fully saturated rings. The molecule has 1 aromatic heterocycles. The van der Waals surface area contributed by atoms with Crippen molar-refractivity contribution in [1.82, 2.24) is 15.0 Å². The molecule has 0 bridgehead atoms. The van der Waals surface area contributed by atoms with E-state index in [1.165, 1.54) is 125 Å². The first-order valence-electron chi connectivity index (χ1n) is 22.1. The number of benzene rings is 4. The summed E-state index contributed by atoms with van der Waals surface area (Å²) in [6.45, 7) is 4.24. The van der Waals surface area contributed by atoms with Crippen LogP contribution in [0.5, 0.6) is 5.75 Å². The number of hydrogen-bond acceptors (Lipinski definition) is 5. The fourth-order valence-electron chi connectivity index (χ4n) is 9.44. The molecule has 5 aromatic rings. The summed E-state index contributed by atoms with van der Waals surface area (Å²) in [5.41, 5.74) is 7.39. The van der Waals surface area contributed by atoms with Crippen molar-refractivity contribution in [2.24, 2.45) is 0 Å². The Labute approximate surface area is 342 Å². The Morgan fingerprint density at radius 1 is 0.667 bits per heavy atom. The van der Waals surface area contributed by atoms with Crippen LogP contribution in [0, 0.1) is 6.92 Å². The third-order valence-corrected chi connectivity index (χ3v) is 12.9. The van der Waals surface area contributed by atoms with Crippen LogP contribution in [0.25, 0.3) is 16.7 Å². The molecule has 8 heteroatoms. The zero-order valence-corrected chi connectivity index (χ0v) is 35.5. The first-order valence-corrected chi connectivity index (χ1v) is 23.4. The molecule has 7 nitrogen and oxygen atoms in total. The zero-order chi connectivity index (χ0) is 39.9. The number of rotatable bonds is 17. The van der Waals surface area contributed by atoms with E-state index in [1.54, 1.807) is 6.07 Å². The number of fused-ring (bicyclic) bond motifs is 1. The van der Waals surface area contributed by atoms with E-state index in [-0.39, 0.29) is 5.75 Å². The molecule has 0 radical (unpaired) electrons. The van der Waals surface area contributed by atoms with Gasteiger partial charge in [0.2, 0.25) is 0 Å². The van der Waals surface area contributed by atoms with E-state index in [2.05, 4.69) is 65.7 Å². The van der Waals surface area contributed by atoms with E-state index in [0.717, 1.165) is 47.0 Å². The van der Waals surface area contributed by atoms with Crippen LogP contribution in [0.4, 0.5) is 0 Å². The van der Waals surface area contributed by atoms with Gasteiger partial charge < -0.3 is 10.00 Å². The van der Waals surface area contributed by atoms with Crippen molar-refractivity contribution in [3.8, 4) is 11.4 Å². The normalized spacial score (nSPS) is 16.0. The Morgan fingerprint density at radius 2 is 1.14 bits per heavy atom. The lowest BCUT2D eigenvalue weighted by atomic mass is 9.71. The minimum absolute atomic E-state index is 0.177. The van der Waals surface area contributed by atoms with Crippen LogP contribution in [0.2, 0.25) is 0 Å². The first-order chi connectivity index (χ1) is 27.9. The maximum atomic E-state index is 12.8. The van der Waals surface area contributed by atoms with Gasteiger partial charge in [-0.15, -0.1) is 15.0 Å². The highest BCUT2D eigenvalue weighted by molar-refractivity contribution is 7.32. The Bertz CT molecular complexity index is 1900. The van der Waals surface area contributed by atoms with Gasteiger partial charge in [0.1, 0.15) is 28.1 Å². The van der Waals surface area contributed by atoms with Crippen molar-refractivity contribution in [2.75, 3.05) is 0 Å². The molecule has 57 heavy (non-hydrogen) atoms. The topological polar surface area (TPSA) is 97.5 Å². The van der Waals surface area contributed by atoms with E-state index >= 15 is 0 Å². The lowest BCUT2D eigenvalue weighted by Gasteiger charge is -2.40. The van der Waals surface area contributed by atoms with E-state index in [9.17, 15) is 14.6 Å². The van der Waals surface area contributed by atoms with Crippen molar-refractivity contribution >= 4 is 19.3 Å². The monoisotopic (exact) mass is 791 g/mol. The van der Waals surface area contributed by atoms with Gasteiger partial charge in [0.25, 0.3) is 0 Å². The Hall–Kier alpha value is -3.77.